The minimum atomic E-state index is 0.153. The van der Waals surface area contributed by atoms with E-state index in [1.54, 1.807) is 0 Å². The normalized spacial score (nSPS) is 26.9. The van der Waals surface area contributed by atoms with Crippen molar-refractivity contribution in [2.45, 2.75) is 56.1 Å². The lowest BCUT2D eigenvalue weighted by molar-refractivity contribution is 0.393. The predicted molar refractivity (Wildman–Crippen MR) is 86.9 cm³/mol. The molecule has 2 N–H and O–H groups in total. The highest BCUT2D eigenvalue weighted by Gasteiger charge is 2.25. The van der Waals surface area contributed by atoms with E-state index in [-0.39, 0.29) is 6.04 Å². The molecule has 0 amide bonds. The first-order chi connectivity index (χ1) is 9.06. The molecular formula is C16H24ClNS. The summed E-state index contributed by atoms with van der Waals surface area (Å²) in [5.74, 6) is 0.861. The Hall–Kier alpha value is -0.180. The molecule has 0 radical (unpaired) electrons. The van der Waals surface area contributed by atoms with Gasteiger partial charge in [-0.2, -0.15) is 0 Å². The Morgan fingerprint density at radius 3 is 2.79 bits per heavy atom. The van der Waals surface area contributed by atoms with E-state index in [4.69, 9.17) is 17.3 Å². The average Bonchev–Trinajstić information content (AvgIpc) is 2.35. The van der Waals surface area contributed by atoms with Crippen LogP contribution in [0, 0.1) is 5.92 Å². The van der Waals surface area contributed by atoms with Gasteiger partial charge in [0.1, 0.15) is 0 Å². The zero-order valence-electron chi connectivity index (χ0n) is 11.8. The molecule has 3 heteroatoms. The molecule has 0 aliphatic heterocycles. The van der Waals surface area contributed by atoms with Gasteiger partial charge >= 0.3 is 0 Å². The van der Waals surface area contributed by atoms with Crippen molar-refractivity contribution >= 4 is 23.4 Å². The minimum Gasteiger partial charge on any atom is -0.327 e. The SMILES string of the molecule is CC1CCCC(SC(c2cccc(Cl)c2)C(C)N)C1. The number of hydrogen-bond acceptors (Lipinski definition) is 2. The second kappa shape index (κ2) is 7.01. The van der Waals surface area contributed by atoms with Gasteiger partial charge in [-0.1, -0.05) is 43.5 Å². The van der Waals surface area contributed by atoms with Crippen molar-refractivity contribution < 1.29 is 0 Å². The molecule has 1 aromatic carbocycles. The average molecular weight is 298 g/mol. The summed E-state index contributed by atoms with van der Waals surface area (Å²) < 4.78 is 0. The van der Waals surface area contributed by atoms with Crippen molar-refractivity contribution in [1.82, 2.24) is 0 Å². The van der Waals surface area contributed by atoms with Gasteiger partial charge in [0.25, 0.3) is 0 Å². The Morgan fingerprint density at radius 1 is 1.37 bits per heavy atom. The van der Waals surface area contributed by atoms with E-state index in [2.05, 4.69) is 37.7 Å². The molecule has 19 heavy (non-hydrogen) atoms. The van der Waals surface area contributed by atoms with Crippen molar-refractivity contribution in [3.8, 4) is 0 Å². The molecule has 0 spiro atoms. The van der Waals surface area contributed by atoms with Crippen LogP contribution in [0.25, 0.3) is 0 Å². The summed E-state index contributed by atoms with van der Waals surface area (Å²) in [7, 11) is 0. The molecule has 1 nitrogen and oxygen atoms in total. The fourth-order valence-electron chi connectivity index (χ4n) is 2.90. The monoisotopic (exact) mass is 297 g/mol. The van der Waals surface area contributed by atoms with Gasteiger partial charge in [0.15, 0.2) is 0 Å². The van der Waals surface area contributed by atoms with Crippen molar-refractivity contribution in [3.05, 3.63) is 34.9 Å². The van der Waals surface area contributed by atoms with Gasteiger partial charge in [-0.05, 0) is 43.4 Å². The third-order valence-electron chi connectivity index (χ3n) is 3.88. The smallest absolute Gasteiger partial charge is 0.0448 e. The summed E-state index contributed by atoms with van der Waals surface area (Å²) >= 11 is 8.17. The Balaban J connectivity index is 2.08. The first-order valence-corrected chi connectivity index (χ1v) is 8.55. The highest BCUT2D eigenvalue weighted by atomic mass is 35.5. The number of halogens is 1. The van der Waals surface area contributed by atoms with Gasteiger partial charge in [0, 0.05) is 21.6 Å². The zero-order valence-corrected chi connectivity index (χ0v) is 13.4. The molecule has 4 atom stereocenters. The van der Waals surface area contributed by atoms with E-state index in [9.17, 15) is 0 Å². The molecule has 1 aliphatic carbocycles. The van der Waals surface area contributed by atoms with Crippen LogP contribution in [-0.4, -0.2) is 11.3 Å². The lowest BCUT2D eigenvalue weighted by Crippen LogP contribution is -2.26. The molecule has 4 unspecified atom stereocenters. The largest absolute Gasteiger partial charge is 0.327 e. The number of rotatable bonds is 4. The Labute approximate surface area is 126 Å². The second-order valence-electron chi connectivity index (χ2n) is 5.86. The molecular weight excluding hydrogens is 274 g/mol. The topological polar surface area (TPSA) is 26.0 Å². The maximum Gasteiger partial charge on any atom is 0.0448 e. The number of hydrogen-bond donors (Lipinski definition) is 1. The van der Waals surface area contributed by atoms with Crippen LogP contribution in [0.2, 0.25) is 5.02 Å². The molecule has 0 saturated heterocycles. The van der Waals surface area contributed by atoms with E-state index in [0.717, 1.165) is 16.2 Å². The summed E-state index contributed by atoms with van der Waals surface area (Å²) in [6, 6.07) is 8.32. The van der Waals surface area contributed by atoms with Gasteiger partial charge in [-0.25, -0.2) is 0 Å². The van der Waals surface area contributed by atoms with Gasteiger partial charge in [-0.15, -0.1) is 11.8 Å². The fraction of sp³-hybridized carbons (Fsp3) is 0.625. The van der Waals surface area contributed by atoms with Gasteiger partial charge in [0.2, 0.25) is 0 Å². The first-order valence-electron chi connectivity index (χ1n) is 7.22. The third kappa shape index (κ3) is 4.40. The van der Waals surface area contributed by atoms with E-state index in [0.29, 0.717) is 5.25 Å². The molecule has 0 heterocycles. The lowest BCUT2D eigenvalue weighted by Gasteiger charge is -2.31. The number of nitrogens with two attached hydrogens (primary N) is 1. The van der Waals surface area contributed by atoms with E-state index >= 15 is 0 Å². The van der Waals surface area contributed by atoms with E-state index < -0.39 is 0 Å². The van der Waals surface area contributed by atoms with Crippen molar-refractivity contribution in [1.29, 1.82) is 0 Å². The quantitative estimate of drug-likeness (QED) is 0.842. The molecule has 106 valence electrons. The maximum atomic E-state index is 6.21. The maximum absolute atomic E-state index is 6.21. The van der Waals surface area contributed by atoms with Crippen molar-refractivity contribution in [2.24, 2.45) is 11.7 Å². The summed E-state index contributed by atoms with van der Waals surface area (Å²) in [4.78, 5) is 0. The highest BCUT2D eigenvalue weighted by Crippen LogP contribution is 2.41. The van der Waals surface area contributed by atoms with E-state index in [1.165, 1.54) is 31.2 Å². The number of thioether (sulfide) groups is 1. The standard InChI is InChI=1S/C16H24ClNS/c1-11-5-3-8-15(9-11)19-16(12(2)18)13-6-4-7-14(17)10-13/h4,6-7,10-12,15-16H,3,5,8-9,18H2,1-2H3. The minimum absolute atomic E-state index is 0.153. The molecule has 1 saturated carbocycles. The Kier molecular flexibility index (Phi) is 5.61. The van der Waals surface area contributed by atoms with Crippen molar-refractivity contribution in [3.63, 3.8) is 0 Å². The molecule has 2 rings (SSSR count). The highest BCUT2D eigenvalue weighted by molar-refractivity contribution is 8.00. The first kappa shape index (κ1) is 15.2. The van der Waals surface area contributed by atoms with Crippen LogP contribution in [0.4, 0.5) is 0 Å². The summed E-state index contributed by atoms with van der Waals surface area (Å²) in [5.41, 5.74) is 7.48. The summed E-state index contributed by atoms with van der Waals surface area (Å²) in [6.45, 7) is 4.47. The molecule has 1 fully saturated rings. The number of benzene rings is 1. The van der Waals surface area contributed by atoms with Crippen LogP contribution in [0.15, 0.2) is 24.3 Å². The van der Waals surface area contributed by atoms with Crippen molar-refractivity contribution in [2.75, 3.05) is 0 Å². The predicted octanol–water partition coefficient (Wildman–Crippen LogP) is 5.04. The Morgan fingerprint density at radius 2 is 2.16 bits per heavy atom. The third-order valence-corrected chi connectivity index (χ3v) is 5.92. The van der Waals surface area contributed by atoms with Gasteiger partial charge in [-0.3, -0.25) is 0 Å². The fourth-order valence-corrected chi connectivity index (χ4v) is 4.81. The molecule has 0 aromatic heterocycles. The Bertz CT molecular complexity index is 407. The summed E-state index contributed by atoms with van der Waals surface area (Å²) in [6.07, 6.45) is 5.41. The molecule has 1 aromatic rings. The van der Waals surface area contributed by atoms with Crippen LogP contribution >= 0.6 is 23.4 Å². The second-order valence-corrected chi connectivity index (χ2v) is 7.75. The van der Waals surface area contributed by atoms with Crippen LogP contribution in [0.5, 0.6) is 0 Å². The molecule has 1 aliphatic rings. The zero-order chi connectivity index (χ0) is 13.8. The van der Waals surface area contributed by atoms with Gasteiger partial charge in [0.05, 0.1) is 0 Å². The summed E-state index contributed by atoms with van der Waals surface area (Å²) in [5, 5.41) is 1.91. The molecule has 0 bridgehead atoms. The van der Waals surface area contributed by atoms with E-state index in [1.807, 2.05) is 12.1 Å². The van der Waals surface area contributed by atoms with Crippen LogP contribution in [0.3, 0.4) is 0 Å². The van der Waals surface area contributed by atoms with Crippen LogP contribution in [-0.2, 0) is 0 Å². The van der Waals surface area contributed by atoms with Crippen LogP contribution in [0.1, 0.15) is 50.3 Å². The van der Waals surface area contributed by atoms with Gasteiger partial charge < -0.3 is 5.73 Å². The van der Waals surface area contributed by atoms with Crippen LogP contribution < -0.4 is 5.73 Å². The lowest BCUT2D eigenvalue weighted by atomic mass is 9.90.